The Morgan fingerprint density at radius 1 is 1.23 bits per heavy atom. The average molecular weight is 411 g/mol. The van der Waals surface area contributed by atoms with Crippen LogP contribution in [0.15, 0.2) is 30.5 Å². The maximum absolute atomic E-state index is 12.5. The zero-order valence-electron chi connectivity index (χ0n) is 18.4. The molecule has 1 aromatic heterocycles. The van der Waals surface area contributed by atoms with Crippen molar-refractivity contribution < 1.29 is 9.53 Å². The van der Waals surface area contributed by atoms with Gasteiger partial charge in [-0.1, -0.05) is 6.07 Å². The van der Waals surface area contributed by atoms with Gasteiger partial charge < -0.3 is 19.9 Å². The number of likely N-dealkylation sites (tertiary alicyclic amines) is 1. The number of nitrogens with one attached hydrogen (secondary N) is 1. The van der Waals surface area contributed by atoms with E-state index in [2.05, 4.69) is 59.2 Å². The first kappa shape index (κ1) is 21.1. The van der Waals surface area contributed by atoms with Gasteiger partial charge in [0.05, 0.1) is 17.7 Å². The highest BCUT2D eigenvalue weighted by molar-refractivity contribution is 5.93. The molecule has 6 nitrogen and oxygen atoms in total. The lowest BCUT2D eigenvalue weighted by Gasteiger charge is -2.39. The number of rotatable bonds is 5. The zero-order chi connectivity index (χ0) is 21.1. The van der Waals surface area contributed by atoms with Crippen LogP contribution in [0.5, 0.6) is 0 Å². The van der Waals surface area contributed by atoms with Gasteiger partial charge in [-0.15, -0.1) is 0 Å². The van der Waals surface area contributed by atoms with Crippen LogP contribution in [0, 0.1) is 12.8 Å². The number of pyridine rings is 1. The van der Waals surface area contributed by atoms with Crippen LogP contribution in [0.3, 0.4) is 0 Å². The summed E-state index contributed by atoms with van der Waals surface area (Å²) in [4.78, 5) is 21.8. The van der Waals surface area contributed by atoms with Crippen LogP contribution >= 0.6 is 0 Å². The molecule has 0 saturated carbocycles. The predicted molar refractivity (Wildman–Crippen MR) is 121 cm³/mol. The molecular formula is C24H34N4O2. The molecule has 4 rings (SSSR count). The van der Waals surface area contributed by atoms with Crippen LogP contribution < -0.4 is 10.2 Å². The summed E-state index contributed by atoms with van der Waals surface area (Å²) >= 11 is 0. The minimum absolute atomic E-state index is 0.0109. The number of fused-ring (bicyclic) bond motifs is 1. The molecule has 162 valence electrons. The van der Waals surface area contributed by atoms with Gasteiger partial charge in [-0.25, -0.2) is 0 Å². The van der Waals surface area contributed by atoms with Gasteiger partial charge >= 0.3 is 0 Å². The van der Waals surface area contributed by atoms with Gasteiger partial charge in [0, 0.05) is 43.3 Å². The first-order valence-electron chi connectivity index (χ1n) is 11.2. The third kappa shape index (κ3) is 4.93. The molecule has 1 amide bonds. The number of carbonyl (C=O) groups excluding carboxylic acids is 1. The van der Waals surface area contributed by atoms with Crippen molar-refractivity contribution in [3.63, 3.8) is 0 Å². The molecule has 0 radical (unpaired) electrons. The van der Waals surface area contributed by atoms with Crippen molar-refractivity contribution in [1.82, 2.24) is 15.2 Å². The summed E-state index contributed by atoms with van der Waals surface area (Å²) < 4.78 is 6.15. The Bertz CT molecular complexity index is 879. The molecule has 30 heavy (non-hydrogen) atoms. The lowest BCUT2D eigenvalue weighted by Crippen LogP contribution is -2.51. The number of hydrogen-bond acceptors (Lipinski definition) is 5. The molecule has 2 aliphatic heterocycles. The highest BCUT2D eigenvalue weighted by atomic mass is 16.5. The van der Waals surface area contributed by atoms with Crippen LogP contribution in [0.25, 0.3) is 10.9 Å². The van der Waals surface area contributed by atoms with Crippen LogP contribution in [0.2, 0.25) is 0 Å². The molecule has 2 fully saturated rings. The summed E-state index contributed by atoms with van der Waals surface area (Å²) in [7, 11) is 2.15. The van der Waals surface area contributed by atoms with E-state index in [0.29, 0.717) is 18.9 Å². The maximum Gasteiger partial charge on any atom is 0.220 e. The Balaban J connectivity index is 1.37. The fourth-order valence-electron chi connectivity index (χ4n) is 4.76. The third-order valence-electron chi connectivity index (χ3n) is 6.45. The van der Waals surface area contributed by atoms with Crippen LogP contribution in [0.1, 0.15) is 31.7 Å². The Hall–Kier alpha value is -2.18. The molecule has 2 saturated heterocycles. The van der Waals surface area contributed by atoms with E-state index in [0.717, 1.165) is 44.5 Å². The molecule has 6 heteroatoms. The number of anilines is 1. The number of aromatic nitrogens is 1. The summed E-state index contributed by atoms with van der Waals surface area (Å²) in [5.41, 5.74) is 3.44. The van der Waals surface area contributed by atoms with Crippen molar-refractivity contribution in [2.75, 3.05) is 44.7 Å². The van der Waals surface area contributed by atoms with Crippen molar-refractivity contribution in [2.45, 2.75) is 45.3 Å². The number of carbonyl (C=O) groups is 1. The number of nitrogens with zero attached hydrogens (tertiary/aromatic N) is 3. The summed E-state index contributed by atoms with van der Waals surface area (Å²) in [5, 5.41) is 4.31. The van der Waals surface area contributed by atoms with Crippen LogP contribution in [0.4, 0.5) is 5.69 Å². The molecule has 1 N–H and O–H groups in total. The van der Waals surface area contributed by atoms with E-state index in [1.165, 1.54) is 16.6 Å². The molecular weight excluding hydrogens is 376 g/mol. The standard InChI is InChI=1S/C24H34N4O2/c1-17-6-7-22(21-5-4-10-25-24(17)21)28-15-18(2)30-20(16-28)14-26-23(29)13-19-8-11-27(3)12-9-19/h4-7,10,18-20H,8-9,11-16H2,1-3H3,(H,26,29). The Labute approximate surface area is 179 Å². The second kappa shape index (κ2) is 9.31. The Kier molecular flexibility index (Phi) is 6.54. The SMILES string of the molecule is Cc1ccc(N2CC(C)OC(CNC(=O)CC3CCN(C)CC3)C2)c2cccnc12. The number of hydrogen-bond donors (Lipinski definition) is 1. The van der Waals surface area contributed by atoms with Gasteiger partial charge in [-0.3, -0.25) is 9.78 Å². The largest absolute Gasteiger partial charge is 0.370 e. The average Bonchev–Trinajstić information content (AvgIpc) is 2.74. The molecule has 0 aliphatic carbocycles. The van der Waals surface area contributed by atoms with E-state index in [-0.39, 0.29) is 18.1 Å². The minimum atomic E-state index is -0.0109. The van der Waals surface area contributed by atoms with Crippen molar-refractivity contribution >= 4 is 22.5 Å². The summed E-state index contributed by atoms with van der Waals surface area (Å²) in [5.74, 6) is 0.665. The monoisotopic (exact) mass is 410 g/mol. The number of aryl methyl sites for hydroxylation is 1. The fraction of sp³-hybridized carbons (Fsp3) is 0.583. The van der Waals surface area contributed by atoms with Crippen molar-refractivity contribution in [2.24, 2.45) is 5.92 Å². The fourth-order valence-corrected chi connectivity index (χ4v) is 4.76. The second-order valence-corrected chi connectivity index (χ2v) is 9.03. The van der Waals surface area contributed by atoms with Crippen molar-refractivity contribution in [1.29, 1.82) is 0 Å². The second-order valence-electron chi connectivity index (χ2n) is 9.03. The molecule has 2 aliphatic rings. The topological polar surface area (TPSA) is 57.7 Å². The highest BCUT2D eigenvalue weighted by Gasteiger charge is 2.27. The first-order chi connectivity index (χ1) is 14.5. The number of ether oxygens (including phenoxy) is 1. The number of amides is 1. The Morgan fingerprint density at radius 3 is 2.83 bits per heavy atom. The predicted octanol–water partition coefficient (Wildman–Crippen LogP) is 2.99. The van der Waals surface area contributed by atoms with Crippen molar-refractivity contribution in [3.8, 4) is 0 Å². The summed E-state index contributed by atoms with van der Waals surface area (Å²) in [6.07, 6.45) is 4.82. The van der Waals surface area contributed by atoms with Gasteiger partial charge in [0.25, 0.3) is 0 Å². The molecule has 0 bridgehead atoms. The Morgan fingerprint density at radius 2 is 2.03 bits per heavy atom. The van der Waals surface area contributed by atoms with Gasteiger partial charge in [0.1, 0.15) is 0 Å². The number of morpholine rings is 1. The lowest BCUT2D eigenvalue weighted by atomic mass is 9.93. The van der Waals surface area contributed by atoms with E-state index >= 15 is 0 Å². The molecule has 0 spiro atoms. The summed E-state index contributed by atoms with van der Waals surface area (Å²) in [6, 6.07) is 8.47. The maximum atomic E-state index is 12.5. The molecule has 1 aromatic carbocycles. The molecule has 2 unspecified atom stereocenters. The van der Waals surface area contributed by atoms with E-state index in [1.807, 2.05) is 12.3 Å². The smallest absolute Gasteiger partial charge is 0.220 e. The van der Waals surface area contributed by atoms with E-state index < -0.39 is 0 Å². The lowest BCUT2D eigenvalue weighted by molar-refractivity contribution is -0.123. The molecule has 3 heterocycles. The first-order valence-corrected chi connectivity index (χ1v) is 11.2. The number of piperidine rings is 1. The van der Waals surface area contributed by atoms with E-state index in [1.54, 1.807) is 0 Å². The van der Waals surface area contributed by atoms with E-state index in [9.17, 15) is 4.79 Å². The molecule has 2 atom stereocenters. The van der Waals surface area contributed by atoms with Gasteiger partial charge in [-0.05, 0) is 76.5 Å². The normalized spacial score (nSPS) is 23.6. The van der Waals surface area contributed by atoms with Crippen LogP contribution in [-0.4, -0.2) is 67.8 Å². The summed E-state index contributed by atoms with van der Waals surface area (Å²) in [6.45, 7) is 8.57. The zero-order valence-corrected chi connectivity index (χ0v) is 18.4. The van der Waals surface area contributed by atoms with Crippen LogP contribution in [-0.2, 0) is 9.53 Å². The van der Waals surface area contributed by atoms with Gasteiger partial charge in [0.2, 0.25) is 5.91 Å². The van der Waals surface area contributed by atoms with Gasteiger partial charge in [0.15, 0.2) is 0 Å². The highest BCUT2D eigenvalue weighted by Crippen LogP contribution is 2.30. The van der Waals surface area contributed by atoms with E-state index in [4.69, 9.17) is 4.74 Å². The third-order valence-corrected chi connectivity index (χ3v) is 6.45. The number of benzene rings is 1. The molecule has 2 aromatic rings. The quantitative estimate of drug-likeness (QED) is 0.821. The van der Waals surface area contributed by atoms with Gasteiger partial charge in [-0.2, -0.15) is 0 Å². The van der Waals surface area contributed by atoms with Crippen molar-refractivity contribution in [3.05, 3.63) is 36.0 Å². The minimum Gasteiger partial charge on any atom is -0.370 e.